The Hall–Kier alpha value is -2.93. The van der Waals surface area contributed by atoms with E-state index in [1.807, 2.05) is 36.4 Å². The summed E-state index contributed by atoms with van der Waals surface area (Å²) in [5.74, 6) is -1.73. The van der Waals surface area contributed by atoms with Crippen LogP contribution in [0.1, 0.15) is 57.4 Å². The summed E-state index contributed by atoms with van der Waals surface area (Å²) in [6.07, 6.45) is 10.0. The maximum Gasteiger partial charge on any atom is 0.246 e. The molecule has 1 aliphatic carbocycles. The molecule has 3 aliphatic heterocycles. The SMILES string of the molecule is C=CCN1C(=O)[C@@H]2[C@H](C(=O)Nc3ccc(C(C)C)cc3)[C@@H]3C=C[C@@]2(O3)[C@@H]1C(=O)NC1CCCCC1. The summed E-state index contributed by atoms with van der Waals surface area (Å²) < 4.78 is 6.35. The van der Waals surface area contributed by atoms with Crippen LogP contribution < -0.4 is 10.6 Å². The van der Waals surface area contributed by atoms with Crippen molar-refractivity contribution < 1.29 is 19.1 Å². The van der Waals surface area contributed by atoms with E-state index in [2.05, 4.69) is 31.1 Å². The highest BCUT2D eigenvalue weighted by Crippen LogP contribution is 2.55. The fourth-order valence-corrected chi connectivity index (χ4v) is 6.31. The lowest BCUT2D eigenvalue weighted by molar-refractivity contribution is -0.140. The molecule has 1 spiro atoms. The Kier molecular flexibility index (Phi) is 6.30. The fraction of sp³-hybridized carbons (Fsp3) is 0.536. The summed E-state index contributed by atoms with van der Waals surface area (Å²) in [6, 6.07) is 7.06. The third-order valence-corrected chi connectivity index (χ3v) is 8.05. The molecule has 1 aromatic rings. The van der Waals surface area contributed by atoms with Gasteiger partial charge in [0.1, 0.15) is 11.6 Å². The average Bonchev–Trinajstić information content (AvgIpc) is 3.48. The second kappa shape index (κ2) is 9.26. The molecule has 1 saturated carbocycles. The Morgan fingerprint density at radius 3 is 2.54 bits per heavy atom. The highest BCUT2D eigenvalue weighted by molar-refractivity contribution is 6.02. The monoisotopic (exact) mass is 477 g/mol. The van der Waals surface area contributed by atoms with Crippen LogP contribution in [0.5, 0.6) is 0 Å². The van der Waals surface area contributed by atoms with E-state index in [9.17, 15) is 14.4 Å². The molecule has 0 aromatic heterocycles. The molecular weight excluding hydrogens is 442 g/mol. The van der Waals surface area contributed by atoms with Crippen LogP contribution in [-0.2, 0) is 19.1 Å². The average molecular weight is 478 g/mol. The first kappa shape index (κ1) is 23.8. The largest absolute Gasteiger partial charge is 0.359 e. The lowest BCUT2D eigenvalue weighted by atomic mass is 9.74. The Balaban J connectivity index is 1.39. The van der Waals surface area contributed by atoms with Crippen molar-refractivity contribution in [1.29, 1.82) is 0 Å². The lowest BCUT2D eigenvalue weighted by Gasteiger charge is -2.33. The van der Waals surface area contributed by atoms with Gasteiger partial charge in [-0.05, 0) is 36.5 Å². The minimum atomic E-state index is -1.13. The zero-order chi connectivity index (χ0) is 24.7. The molecule has 0 unspecified atom stereocenters. The molecule has 3 fully saturated rings. The van der Waals surface area contributed by atoms with Gasteiger partial charge in [-0.2, -0.15) is 0 Å². The molecule has 35 heavy (non-hydrogen) atoms. The molecule has 1 aromatic carbocycles. The van der Waals surface area contributed by atoms with E-state index in [-0.39, 0.29) is 30.3 Å². The van der Waals surface area contributed by atoms with Gasteiger partial charge in [0.2, 0.25) is 17.7 Å². The minimum Gasteiger partial charge on any atom is -0.359 e. The van der Waals surface area contributed by atoms with Gasteiger partial charge in [-0.1, -0.05) is 63.5 Å². The van der Waals surface area contributed by atoms with Gasteiger partial charge in [0.05, 0.1) is 17.9 Å². The molecule has 3 heterocycles. The standard InChI is InChI=1S/C28H35N3O4/c1-4-16-31-24(26(33)30-19-8-6-5-7-9-19)28-15-14-21(35-28)22(23(28)27(31)34)25(32)29-20-12-10-18(11-13-20)17(2)3/h4,10-15,17,19,21-24H,1,5-9,16H2,2-3H3,(H,29,32)(H,30,33)/t21-,22+,23-,24-,28-/m0/s1. The number of amides is 3. The van der Waals surface area contributed by atoms with E-state index in [1.54, 1.807) is 11.0 Å². The van der Waals surface area contributed by atoms with Crippen molar-refractivity contribution in [2.75, 3.05) is 11.9 Å². The molecule has 4 aliphatic rings. The molecule has 3 amide bonds. The molecule has 7 nitrogen and oxygen atoms in total. The molecule has 7 heteroatoms. The number of hydrogen-bond donors (Lipinski definition) is 2. The smallest absolute Gasteiger partial charge is 0.246 e. The van der Waals surface area contributed by atoms with Crippen LogP contribution in [0.4, 0.5) is 5.69 Å². The van der Waals surface area contributed by atoms with Crippen LogP contribution in [0, 0.1) is 11.8 Å². The highest BCUT2D eigenvalue weighted by Gasteiger charge is 2.72. The predicted molar refractivity (Wildman–Crippen MR) is 134 cm³/mol. The summed E-state index contributed by atoms with van der Waals surface area (Å²) in [6.45, 7) is 8.25. The summed E-state index contributed by atoms with van der Waals surface area (Å²) in [5, 5.41) is 6.15. The number of benzene rings is 1. The zero-order valence-corrected chi connectivity index (χ0v) is 20.5. The molecule has 2 bridgehead atoms. The van der Waals surface area contributed by atoms with Gasteiger partial charge in [0.15, 0.2) is 0 Å². The topological polar surface area (TPSA) is 87.7 Å². The summed E-state index contributed by atoms with van der Waals surface area (Å²) in [7, 11) is 0. The van der Waals surface area contributed by atoms with Gasteiger partial charge in [0.25, 0.3) is 0 Å². The fourth-order valence-electron chi connectivity index (χ4n) is 6.31. The van der Waals surface area contributed by atoms with Crippen molar-refractivity contribution >= 4 is 23.4 Å². The number of nitrogens with zero attached hydrogens (tertiary/aromatic N) is 1. The van der Waals surface area contributed by atoms with Crippen LogP contribution in [0.2, 0.25) is 0 Å². The van der Waals surface area contributed by atoms with Crippen molar-refractivity contribution in [1.82, 2.24) is 10.2 Å². The molecule has 2 saturated heterocycles. The van der Waals surface area contributed by atoms with Gasteiger partial charge in [0, 0.05) is 18.3 Å². The van der Waals surface area contributed by atoms with Crippen LogP contribution in [0.25, 0.3) is 0 Å². The first-order valence-corrected chi connectivity index (χ1v) is 12.9. The van der Waals surface area contributed by atoms with E-state index < -0.39 is 29.6 Å². The van der Waals surface area contributed by atoms with Crippen molar-refractivity contribution in [3.63, 3.8) is 0 Å². The third kappa shape index (κ3) is 3.99. The highest BCUT2D eigenvalue weighted by atomic mass is 16.5. The maximum absolute atomic E-state index is 13.7. The Labute approximate surface area is 207 Å². The number of nitrogens with one attached hydrogen (secondary N) is 2. The number of carbonyl (C=O) groups is 3. The van der Waals surface area contributed by atoms with Crippen molar-refractivity contribution in [2.24, 2.45) is 11.8 Å². The third-order valence-electron chi connectivity index (χ3n) is 8.05. The molecule has 2 N–H and O–H groups in total. The van der Waals surface area contributed by atoms with Crippen molar-refractivity contribution in [2.45, 2.75) is 75.7 Å². The normalized spacial score (nSPS) is 31.6. The molecular formula is C28H35N3O4. The first-order chi connectivity index (χ1) is 16.9. The van der Waals surface area contributed by atoms with Crippen molar-refractivity contribution in [3.8, 4) is 0 Å². The van der Waals surface area contributed by atoms with E-state index in [1.165, 1.54) is 12.0 Å². The Morgan fingerprint density at radius 1 is 1.17 bits per heavy atom. The number of carbonyl (C=O) groups excluding carboxylic acids is 3. The number of fused-ring (bicyclic) bond motifs is 1. The van der Waals surface area contributed by atoms with Crippen LogP contribution in [0.3, 0.4) is 0 Å². The quantitative estimate of drug-likeness (QED) is 0.588. The molecule has 5 atom stereocenters. The summed E-state index contributed by atoms with van der Waals surface area (Å²) in [4.78, 5) is 42.2. The molecule has 186 valence electrons. The maximum atomic E-state index is 13.7. The van der Waals surface area contributed by atoms with Crippen LogP contribution in [0.15, 0.2) is 49.1 Å². The number of hydrogen-bond acceptors (Lipinski definition) is 4. The van der Waals surface area contributed by atoms with E-state index in [0.717, 1.165) is 25.7 Å². The molecule has 0 radical (unpaired) electrons. The number of likely N-dealkylation sites (tertiary alicyclic amines) is 1. The van der Waals surface area contributed by atoms with Gasteiger partial charge in [-0.25, -0.2) is 0 Å². The lowest BCUT2D eigenvalue weighted by Crippen LogP contribution is -2.56. The van der Waals surface area contributed by atoms with E-state index >= 15 is 0 Å². The first-order valence-electron chi connectivity index (χ1n) is 12.9. The van der Waals surface area contributed by atoms with Crippen LogP contribution in [-0.4, -0.2) is 53.0 Å². The predicted octanol–water partition coefficient (Wildman–Crippen LogP) is 3.53. The Bertz CT molecular complexity index is 1040. The minimum absolute atomic E-state index is 0.114. The van der Waals surface area contributed by atoms with Crippen molar-refractivity contribution in [3.05, 3.63) is 54.6 Å². The Morgan fingerprint density at radius 2 is 1.89 bits per heavy atom. The number of ether oxygens (including phenoxy) is 1. The van der Waals surface area contributed by atoms with Gasteiger partial charge >= 0.3 is 0 Å². The second-order valence-corrected chi connectivity index (χ2v) is 10.6. The van der Waals surface area contributed by atoms with Gasteiger partial charge in [-0.3, -0.25) is 14.4 Å². The van der Waals surface area contributed by atoms with Gasteiger partial charge in [-0.15, -0.1) is 6.58 Å². The summed E-state index contributed by atoms with van der Waals surface area (Å²) >= 11 is 0. The number of anilines is 1. The zero-order valence-electron chi connectivity index (χ0n) is 20.5. The van der Waals surface area contributed by atoms with E-state index in [4.69, 9.17) is 4.74 Å². The second-order valence-electron chi connectivity index (χ2n) is 10.6. The van der Waals surface area contributed by atoms with Crippen LogP contribution >= 0.6 is 0 Å². The van der Waals surface area contributed by atoms with Gasteiger partial charge < -0.3 is 20.3 Å². The summed E-state index contributed by atoms with van der Waals surface area (Å²) in [5.41, 5.74) is 0.735. The number of rotatable bonds is 7. The molecule has 5 rings (SSSR count). The van der Waals surface area contributed by atoms with E-state index in [0.29, 0.717) is 11.6 Å².